The van der Waals surface area contributed by atoms with Crippen molar-refractivity contribution in [3.05, 3.63) is 29.6 Å². The van der Waals surface area contributed by atoms with Crippen molar-refractivity contribution in [1.82, 2.24) is 38.6 Å². The third-order valence-electron chi connectivity index (χ3n) is 2.49. The molecule has 0 radical (unpaired) electrons. The molecule has 1 rings (SSSR count). The third kappa shape index (κ3) is 7.84. The Morgan fingerprint density at radius 1 is 1.14 bits per heavy atom. The second kappa shape index (κ2) is 11.3. The highest BCUT2D eigenvalue weighted by Crippen LogP contribution is 2.21. The summed E-state index contributed by atoms with van der Waals surface area (Å²) in [7, 11) is 0. The second-order valence-corrected chi connectivity index (χ2v) is 3.98. The van der Waals surface area contributed by atoms with Gasteiger partial charge in [-0.15, -0.1) is 0 Å². The van der Waals surface area contributed by atoms with Gasteiger partial charge in [0, 0.05) is 12.6 Å². The molecule has 21 heavy (non-hydrogen) atoms. The molecule has 1 aromatic rings. The summed E-state index contributed by atoms with van der Waals surface area (Å²) in [6.45, 7) is 3.10. The number of nitrogens with two attached hydrogens (primary N) is 1. The first-order valence-electron chi connectivity index (χ1n) is 6.62. The van der Waals surface area contributed by atoms with Crippen molar-refractivity contribution < 1.29 is 9.13 Å². The lowest BCUT2D eigenvalue weighted by atomic mass is 10.1. The highest BCUT2D eigenvalue weighted by molar-refractivity contribution is 5.34. The lowest BCUT2D eigenvalue weighted by Gasteiger charge is -2.12. The molecule has 0 aliphatic heterocycles. The predicted molar refractivity (Wildman–Crippen MR) is 76.9 cm³/mol. The minimum absolute atomic E-state index is 0.287. The molecule has 10 heteroatoms. The number of nitrogens with one attached hydrogen (secondary N) is 7. The first-order chi connectivity index (χ1) is 10.3. The van der Waals surface area contributed by atoms with Crippen LogP contribution in [0, 0.1) is 5.82 Å². The van der Waals surface area contributed by atoms with Crippen LogP contribution in [0.25, 0.3) is 0 Å². The van der Waals surface area contributed by atoms with Crippen LogP contribution in [0.1, 0.15) is 18.9 Å². The zero-order valence-corrected chi connectivity index (χ0v) is 11.9. The molecule has 9 nitrogen and oxygen atoms in total. The van der Waals surface area contributed by atoms with Crippen LogP contribution in [-0.4, -0.2) is 13.2 Å². The molecule has 1 aromatic carbocycles. The van der Waals surface area contributed by atoms with Gasteiger partial charge in [-0.2, -0.15) is 33.2 Å². The molecule has 9 N–H and O–H groups in total. The van der Waals surface area contributed by atoms with Crippen LogP contribution in [0.5, 0.6) is 5.75 Å². The van der Waals surface area contributed by atoms with E-state index in [0.29, 0.717) is 18.9 Å². The molecule has 0 heterocycles. The van der Waals surface area contributed by atoms with E-state index >= 15 is 0 Å². The highest BCUT2D eigenvalue weighted by Gasteiger charge is 2.04. The van der Waals surface area contributed by atoms with Crippen molar-refractivity contribution in [2.45, 2.75) is 19.8 Å². The highest BCUT2D eigenvalue weighted by atomic mass is 19.1. The topological polar surface area (TPSA) is 119 Å². The van der Waals surface area contributed by atoms with Gasteiger partial charge in [-0.25, -0.2) is 9.82 Å². The summed E-state index contributed by atoms with van der Waals surface area (Å²) in [6.07, 6.45) is 1.64. The number of hydrazine groups is 7. The number of hydrogen-bond donors (Lipinski definition) is 8. The van der Waals surface area contributed by atoms with Crippen molar-refractivity contribution in [1.29, 1.82) is 0 Å². The molecule has 0 aliphatic carbocycles. The van der Waals surface area contributed by atoms with Crippen LogP contribution in [-0.2, 0) is 6.42 Å². The van der Waals surface area contributed by atoms with E-state index in [1.165, 1.54) is 12.1 Å². The van der Waals surface area contributed by atoms with E-state index in [-0.39, 0.29) is 5.82 Å². The van der Waals surface area contributed by atoms with Crippen molar-refractivity contribution in [3.63, 3.8) is 0 Å². The van der Waals surface area contributed by atoms with Crippen LogP contribution >= 0.6 is 0 Å². The van der Waals surface area contributed by atoms with Crippen LogP contribution in [0.2, 0.25) is 0 Å². The van der Waals surface area contributed by atoms with E-state index in [0.717, 1.165) is 18.4 Å². The predicted octanol–water partition coefficient (Wildman–Crippen LogP) is -1.35. The molecule has 0 bridgehead atoms. The molecule has 120 valence electrons. The fourth-order valence-electron chi connectivity index (χ4n) is 1.63. The molecule has 0 saturated heterocycles. The number of rotatable bonds is 12. The monoisotopic (exact) mass is 302 g/mol. The quantitative estimate of drug-likeness (QED) is 0.135. The number of halogens is 1. The van der Waals surface area contributed by atoms with Gasteiger partial charge in [0.1, 0.15) is 11.6 Å². The minimum atomic E-state index is -0.287. The van der Waals surface area contributed by atoms with Gasteiger partial charge >= 0.3 is 0 Å². The molecule has 0 aromatic heterocycles. The fraction of sp³-hybridized carbons (Fsp3) is 0.455. The lowest BCUT2D eigenvalue weighted by molar-refractivity contribution is 0.273. The maximum Gasteiger partial charge on any atom is 0.126 e. The molecule has 0 amide bonds. The second-order valence-electron chi connectivity index (χ2n) is 3.98. The average Bonchev–Trinajstić information content (AvgIpc) is 2.48. The summed E-state index contributed by atoms with van der Waals surface area (Å²) in [5.41, 5.74) is 18.8. The largest absolute Gasteiger partial charge is 0.493 e. The normalized spacial score (nSPS) is 10.8. The third-order valence-corrected chi connectivity index (χ3v) is 2.49. The summed E-state index contributed by atoms with van der Waals surface area (Å²) in [6, 6.07) is 4.61. The van der Waals surface area contributed by atoms with Gasteiger partial charge in [-0.05, 0) is 31.4 Å². The summed E-state index contributed by atoms with van der Waals surface area (Å²) in [4.78, 5) is 0. The Labute approximate surface area is 123 Å². The number of hydrogen-bond acceptors (Lipinski definition) is 9. The molecular weight excluding hydrogens is 279 g/mol. The summed E-state index contributed by atoms with van der Waals surface area (Å²) in [5.74, 6) is 5.27. The van der Waals surface area contributed by atoms with Crippen molar-refractivity contribution >= 4 is 0 Å². The Bertz CT molecular complexity index is 394. The van der Waals surface area contributed by atoms with Gasteiger partial charge in [0.15, 0.2) is 0 Å². The zero-order valence-electron chi connectivity index (χ0n) is 11.9. The smallest absolute Gasteiger partial charge is 0.126 e. The standard InChI is InChI=1S/C11H23FN8O/c1-2-21-11-8-10(12)6-5-9(11)4-3-7-14-16-18-20-19-17-15-13/h5-6,8,14-20H,2-4,7,13H2,1H3. The number of aryl methyl sites for hydroxylation is 1. The van der Waals surface area contributed by atoms with Crippen LogP contribution in [0.15, 0.2) is 18.2 Å². The Morgan fingerprint density at radius 2 is 1.90 bits per heavy atom. The van der Waals surface area contributed by atoms with E-state index in [1.807, 2.05) is 6.92 Å². The Hall–Kier alpha value is -1.37. The first kappa shape index (κ1) is 17.7. The first-order valence-corrected chi connectivity index (χ1v) is 6.62. The maximum atomic E-state index is 13.1. The molecule has 0 fully saturated rings. The van der Waals surface area contributed by atoms with Gasteiger partial charge < -0.3 is 4.74 Å². The van der Waals surface area contributed by atoms with Crippen molar-refractivity contribution in [3.8, 4) is 5.75 Å². The molecule has 0 unspecified atom stereocenters. The van der Waals surface area contributed by atoms with Gasteiger partial charge in [0.25, 0.3) is 0 Å². The average molecular weight is 302 g/mol. The summed E-state index contributed by atoms with van der Waals surface area (Å²) in [5, 5.41) is 0. The zero-order chi connectivity index (χ0) is 15.3. The van der Waals surface area contributed by atoms with Crippen LogP contribution < -0.4 is 49.2 Å². The molecular formula is C11H23FN8O. The number of benzene rings is 1. The van der Waals surface area contributed by atoms with E-state index < -0.39 is 0 Å². The molecule has 0 saturated carbocycles. The Kier molecular flexibility index (Phi) is 9.52. The van der Waals surface area contributed by atoms with Crippen LogP contribution in [0.4, 0.5) is 4.39 Å². The molecule has 0 atom stereocenters. The van der Waals surface area contributed by atoms with E-state index in [4.69, 9.17) is 10.6 Å². The van der Waals surface area contributed by atoms with Gasteiger partial charge in [0.2, 0.25) is 0 Å². The van der Waals surface area contributed by atoms with Gasteiger partial charge in [0.05, 0.1) is 6.61 Å². The van der Waals surface area contributed by atoms with E-state index in [2.05, 4.69) is 38.6 Å². The Balaban J connectivity index is 2.15. The lowest BCUT2D eigenvalue weighted by Crippen LogP contribution is -2.62. The van der Waals surface area contributed by atoms with Crippen molar-refractivity contribution in [2.24, 2.45) is 5.84 Å². The van der Waals surface area contributed by atoms with Gasteiger partial charge in [-0.3, -0.25) is 5.84 Å². The Morgan fingerprint density at radius 3 is 2.67 bits per heavy atom. The number of ether oxygens (including phenoxy) is 1. The SMILES string of the molecule is CCOc1cc(F)ccc1CCCNNNNNNNN. The minimum Gasteiger partial charge on any atom is -0.493 e. The fourth-order valence-corrected chi connectivity index (χ4v) is 1.63. The summed E-state index contributed by atoms with van der Waals surface area (Å²) < 4.78 is 18.6. The van der Waals surface area contributed by atoms with E-state index in [9.17, 15) is 4.39 Å². The maximum absolute atomic E-state index is 13.1. The van der Waals surface area contributed by atoms with E-state index in [1.54, 1.807) is 6.07 Å². The molecule has 0 spiro atoms. The summed E-state index contributed by atoms with van der Waals surface area (Å²) >= 11 is 0. The van der Waals surface area contributed by atoms with Gasteiger partial charge in [-0.1, -0.05) is 6.07 Å². The molecule has 0 aliphatic rings. The van der Waals surface area contributed by atoms with Crippen molar-refractivity contribution in [2.75, 3.05) is 13.2 Å². The van der Waals surface area contributed by atoms with Crippen LogP contribution in [0.3, 0.4) is 0 Å².